The Morgan fingerprint density at radius 1 is 0.478 bits per heavy atom. The molecule has 0 saturated heterocycles. The third-order valence-electron chi connectivity index (χ3n) is 3.18. The maximum atomic E-state index is 5.93. The van der Waals surface area contributed by atoms with E-state index in [-0.39, 0.29) is 0 Å². The monoisotopic (exact) mass is 339 g/mol. The molecule has 0 amide bonds. The van der Waals surface area contributed by atoms with Crippen molar-refractivity contribution in [2.45, 2.75) is 0 Å². The van der Waals surface area contributed by atoms with Crippen LogP contribution in [-0.4, -0.2) is 0 Å². The highest BCUT2D eigenvalue weighted by molar-refractivity contribution is 8.16. The number of anilines is 3. The maximum Gasteiger partial charge on any atom is 0.211 e. The Hall–Kier alpha value is -2.29. The number of para-hydroxylation sites is 3. The summed E-state index contributed by atoms with van der Waals surface area (Å²) < 4.78 is 0. The van der Waals surface area contributed by atoms with Gasteiger partial charge in [0.05, 0.1) is 0 Å². The molecule has 3 aromatic carbocycles. The van der Waals surface area contributed by atoms with E-state index >= 15 is 0 Å². The number of benzene rings is 3. The first-order chi connectivity index (χ1) is 11.2. The summed E-state index contributed by atoms with van der Waals surface area (Å²) in [5.74, 6) is 0. The zero-order valence-electron chi connectivity index (χ0n) is 12.5. The molecule has 0 bridgehead atoms. The average Bonchev–Trinajstić information content (AvgIpc) is 2.57. The largest absolute Gasteiger partial charge is 0.326 e. The van der Waals surface area contributed by atoms with Gasteiger partial charge in [-0.3, -0.25) is 0 Å². The molecular formula is C18H18N3PS. The molecule has 0 aliphatic carbocycles. The maximum absolute atomic E-state index is 5.93. The van der Waals surface area contributed by atoms with Gasteiger partial charge >= 0.3 is 0 Å². The predicted octanol–water partition coefficient (Wildman–Crippen LogP) is 5.55. The Labute approximate surface area is 141 Å². The molecule has 116 valence electrons. The molecule has 0 unspecified atom stereocenters. The topological polar surface area (TPSA) is 36.1 Å². The van der Waals surface area contributed by atoms with Gasteiger partial charge in [0.15, 0.2) is 0 Å². The van der Waals surface area contributed by atoms with Crippen LogP contribution in [0.2, 0.25) is 0 Å². The molecule has 5 heteroatoms. The van der Waals surface area contributed by atoms with E-state index in [0.717, 1.165) is 17.1 Å². The van der Waals surface area contributed by atoms with Crippen molar-refractivity contribution in [1.82, 2.24) is 0 Å². The molecule has 0 aliphatic heterocycles. The van der Waals surface area contributed by atoms with Gasteiger partial charge in [-0.1, -0.05) is 54.6 Å². The Kier molecular flexibility index (Phi) is 4.96. The van der Waals surface area contributed by atoms with E-state index in [1.807, 2.05) is 91.0 Å². The Morgan fingerprint density at radius 2 is 0.739 bits per heavy atom. The molecule has 0 heterocycles. The molecule has 0 aliphatic rings. The van der Waals surface area contributed by atoms with Crippen molar-refractivity contribution in [2.24, 2.45) is 0 Å². The second-order valence-electron chi connectivity index (χ2n) is 5.04. The summed E-state index contributed by atoms with van der Waals surface area (Å²) in [4.78, 5) is 0. The number of hydrogen-bond donors (Lipinski definition) is 3. The molecule has 3 aromatic rings. The van der Waals surface area contributed by atoms with Gasteiger partial charge in [-0.25, -0.2) is 0 Å². The van der Waals surface area contributed by atoms with Crippen LogP contribution in [0.3, 0.4) is 0 Å². The van der Waals surface area contributed by atoms with Gasteiger partial charge in [-0.2, -0.15) is 0 Å². The van der Waals surface area contributed by atoms with Crippen LogP contribution in [0.25, 0.3) is 0 Å². The summed E-state index contributed by atoms with van der Waals surface area (Å²) in [6.45, 7) is -2.30. The summed E-state index contributed by atoms with van der Waals surface area (Å²) in [6, 6.07) is 30.0. The molecule has 0 aromatic heterocycles. The van der Waals surface area contributed by atoms with Crippen molar-refractivity contribution < 1.29 is 0 Å². The van der Waals surface area contributed by atoms with Crippen LogP contribution in [0.15, 0.2) is 91.0 Å². The lowest BCUT2D eigenvalue weighted by molar-refractivity contribution is 1.61. The van der Waals surface area contributed by atoms with Crippen LogP contribution in [0.5, 0.6) is 0 Å². The minimum Gasteiger partial charge on any atom is -0.326 e. The Morgan fingerprint density at radius 3 is 1.00 bits per heavy atom. The van der Waals surface area contributed by atoms with E-state index in [1.165, 1.54) is 0 Å². The van der Waals surface area contributed by atoms with Gasteiger partial charge in [-0.15, -0.1) is 0 Å². The Balaban J connectivity index is 1.87. The lowest BCUT2D eigenvalue weighted by Crippen LogP contribution is -2.13. The second-order valence-corrected chi connectivity index (χ2v) is 8.58. The van der Waals surface area contributed by atoms with Gasteiger partial charge in [0, 0.05) is 17.1 Å². The highest BCUT2D eigenvalue weighted by Gasteiger charge is 2.17. The lowest BCUT2D eigenvalue weighted by atomic mass is 10.3. The standard InChI is InChI=1S/C18H18N3PS/c23-22(19-16-10-4-1-5-11-16,20-17-12-6-2-7-13-17)21-18-14-8-3-9-15-18/h1-15H,(H3,19,20,21,23). The highest BCUT2D eigenvalue weighted by Crippen LogP contribution is 2.45. The number of hydrogen-bond acceptors (Lipinski definition) is 1. The molecule has 0 atom stereocenters. The fraction of sp³-hybridized carbons (Fsp3) is 0. The number of rotatable bonds is 6. The summed E-state index contributed by atoms with van der Waals surface area (Å²) in [5, 5.41) is 10.4. The normalized spacial score (nSPS) is 10.8. The Bertz CT molecular complexity index is 671. The molecule has 0 saturated carbocycles. The minimum atomic E-state index is -2.30. The molecule has 0 spiro atoms. The van der Waals surface area contributed by atoms with E-state index in [2.05, 4.69) is 15.3 Å². The van der Waals surface area contributed by atoms with E-state index in [4.69, 9.17) is 11.8 Å². The first-order valence-corrected chi connectivity index (χ1v) is 10.1. The van der Waals surface area contributed by atoms with Gasteiger partial charge in [0.1, 0.15) is 0 Å². The third-order valence-corrected chi connectivity index (χ3v) is 5.72. The number of nitrogens with one attached hydrogen (secondary N) is 3. The van der Waals surface area contributed by atoms with E-state index in [1.54, 1.807) is 0 Å². The smallest absolute Gasteiger partial charge is 0.211 e. The van der Waals surface area contributed by atoms with Crippen molar-refractivity contribution >= 4 is 35.4 Å². The van der Waals surface area contributed by atoms with Crippen LogP contribution in [0.1, 0.15) is 0 Å². The van der Waals surface area contributed by atoms with Gasteiger partial charge in [-0.05, 0) is 48.2 Å². The third kappa shape index (κ3) is 4.59. The molecule has 3 rings (SSSR count). The molecule has 3 N–H and O–H groups in total. The van der Waals surface area contributed by atoms with Crippen molar-refractivity contribution in [3.8, 4) is 0 Å². The summed E-state index contributed by atoms with van der Waals surface area (Å²) >= 11 is 5.93. The van der Waals surface area contributed by atoms with Crippen molar-refractivity contribution in [3.05, 3.63) is 91.0 Å². The van der Waals surface area contributed by atoms with E-state index < -0.39 is 6.49 Å². The minimum absolute atomic E-state index is 0.989. The average molecular weight is 339 g/mol. The molecule has 23 heavy (non-hydrogen) atoms. The second kappa shape index (κ2) is 7.32. The summed E-state index contributed by atoms with van der Waals surface area (Å²) in [7, 11) is 0. The highest BCUT2D eigenvalue weighted by atomic mass is 32.4. The fourth-order valence-corrected chi connectivity index (χ4v) is 4.82. The van der Waals surface area contributed by atoms with Crippen molar-refractivity contribution in [3.63, 3.8) is 0 Å². The molecule has 3 nitrogen and oxygen atoms in total. The van der Waals surface area contributed by atoms with Crippen LogP contribution >= 0.6 is 6.49 Å². The van der Waals surface area contributed by atoms with E-state index in [0.29, 0.717) is 0 Å². The predicted molar refractivity (Wildman–Crippen MR) is 104 cm³/mol. The first-order valence-electron chi connectivity index (χ1n) is 7.34. The fourth-order valence-electron chi connectivity index (χ4n) is 2.17. The SMILES string of the molecule is S=P(Nc1ccccc1)(Nc1ccccc1)Nc1ccccc1. The quantitative estimate of drug-likeness (QED) is 0.515. The lowest BCUT2D eigenvalue weighted by Gasteiger charge is -2.28. The van der Waals surface area contributed by atoms with Crippen LogP contribution < -0.4 is 15.3 Å². The van der Waals surface area contributed by atoms with Crippen molar-refractivity contribution in [1.29, 1.82) is 0 Å². The first kappa shape index (κ1) is 15.6. The van der Waals surface area contributed by atoms with Crippen molar-refractivity contribution in [2.75, 3.05) is 15.3 Å². The summed E-state index contributed by atoms with van der Waals surface area (Å²) in [5.41, 5.74) is 2.97. The molecular weight excluding hydrogens is 321 g/mol. The van der Waals surface area contributed by atoms with Gasteiger partial charge < -0.3 is 15.3 Å². The van der Waals surface area contributed by atoms with E-state index in [9.17, 15) is 0 Å². The molecule has 0 radical (unpaired) electrons. The zero-order valence-corrected chi connectivity index (χ0v) is 14.2. The summed E-state index contributed by atoms with van der Waals surface area (Å²) in [6.07, 6.45) is 0. The van der Waals surface area contributed by atoms with Gasteiger partial charge in [0.25, 0.3) is 0 Å². The van der Waals surface area contributed by atoms with Crippen LogP contribution in [-0.2, 0) is 11.8 Å². The van der Waals surface area contributed by atoms with Crippen LogP contribution in [0.4, 0.5) is 17.1 Å². The van der Waals surface area contributed by atoms with Crippen LogP contribution in [0, 0.1) is 0 Å². The van der Waals surface area contributed by atoms with Gasteiger partial charge in [0.2, 0.25) is 6.49 Å². The zero-order chi connectivity index (χ0) is 16.0. The molecule has 0 fully saturated rings.